The second kappa shape index (κ2) is 9.54. The Kier molecular flexibility index (Phi) is 6.62. The predicted molar refractivity (Wildman–Crippen MR) is 110 cm³/mol. The fourth-order valence-corrected chi connectivity index (χ4v) is 2.89. The molecule has 3 rings (SSSR count). The second-order valence-corrected chi connectivity index (χ2v) is 6.36. The van der Waals surface area contributed by atoms with Crippen molar-refractivity contribution in [1.29, 1.82) is 5.26 Å². The van der Waals surface area contributed by atoms with E-state index in [0.717, 1.165) is 0 Å². The highest BCUT2D eigenvalue weighted by molar-refractivity contribution is 5.93. The van der Waals surface area contributed by atoms with Gasteiger partial charge in [0.25, 0.3) is 11.5 Å². The van der Waals surface area contributed by atoms with Crippen molar-refractivity contribution in [2.45, 2.75) is 6.42 Å². The van der Waals surface area contributed by atoms with E-state index in [0.29, 0.717) is 53.4 Å². The molecule has 0 radical (unpaired) electrons. The van der Waals surface area contributed by atoms with Crippen molar-refractivity contribution in [3.63, 3.8) is 0 Å². The van der Waals surface area contributed by atoms with Gasteiger partial charge in [0.1, 0.15) is 5.75 Å². The summed E-state index contributed by atoms with van der Waals surface area (Å²) >= 11 is 0. The van der Waals surface area contributed by atoms with Gasteiger partial charge in [0.05, 0.1) is 29.9 Å². The normalized spacial score (nSPS) is 10.4. The van der Waals surface area contributed by atoms with Crippen LogP contribution in [0, 0.1) is 11.3 Å². The molecule has 1 amide bonds. The Bertz CT molecular complexity index is 1130. The molecule has 0 fully saturated rings. The van der Waals surface area contributed by atoms with E-state index in [1.807, 2.05) is 6.07 Å². The molecule has 0 aliphatic carbocycles. The lowest BCUT2D eigenvalue weighted by molar-refractivity contribution is 0.0948. The Morgan fingerprint density at radius 2 is 2.10 bits per heavy atom. The van der Waals surface area contributed by atoms with Crippen LogP contribution >= 0.6 is 0 Å². The summed E-state index contributed by atoms with van der Waals surface area (Å²) in [7, 11) is 3.08. The van der Waals surface area contributed by atoms with E-state index >= 15 is 0 Å². The van der Waals surface area contributed by atoms with Gasteiger partial charge in [-0.25, -0.2) is 9.67 Å². The number of hydrogen-bond donors (Lipinski definition) is 2. The largest absolute Gasteiger partial charge is 0.496 e. The van der Waals surface area contributed by atoms with Crippen LogP contribution in [0.4, 0.5) is 0 Å². The number of H-pyrrole nitrogens is 1. The zero-order valence-electron chi connectivity index (χ0n) is 16.6. The van der Waals surface area contributed by atoms with Crippen molar-refractivity contribution >= 4 is 5.91 Å². The minimum Gasteiger partial charge on any atom is -0.496 e. The van der Waals surface area contributed by atoms with Crippen molar-refractivity contribution in [2.75, 3.05) is 27.4 Å². The summed E-state index contributed by atoms with van der Waals surface area (Å²) in [6, 6.07) is 10.1. The maximum Gasteiger partial charge on any atom is 0.280 e. The van der Waals surface area contributed by atoms with Crippen LogP contribution in [0.2, 0.25) is 0 Å². The highest BCUT2D eigenvalue weighted by Crippen LogP contribution is 2.28. The number of carbonyl (C=O) groups is 1. The highest BCUT2D eigenvalue weighted by atomic mass is 16.5. The minimum absolute atomic E-state index is 0.244. The summed E-state index contributed by atoms with van der Waals surface area (Å²) < 4.78 is 11.5. The summed E-state index contributed by atoms with van der Waals surface area (Å²) in [5.41, 5.74) is 1.43. The van der Waals surface area contributed by atoms with Crippen molar-refractivity contribution in [2.24, 2.45) is 0 Å². The number of hydrogen-bond acceptors (Lipinski definition) is 6. The van der Waals surface area contributed by atoms with Gasteiger partial charge in [0.2, 0.25) is 0 Å². The number of nitriles is 1. The van der Waals surface area contributed by atoms with Gasteiger partial charge in [0, 0.05) is 38.2 Å². The van der Waals surface area contributed by atoms with E-state index in [1.165, 1.54) is 18.0 Å². The summed E-state index contributed by atoms with van der Waals surface area (Å²) in [6.45, 7) is 1.07. The first kappa shape index (κ1) is 20.8. The molecule has 30 heavy (non-hydrogen) atoms. The summed E-state index contributed by atoms with van der Waals surface area (Å²) in [4.78, 5) is 29.2. The fraction of sp³-hybridized carbons (Fsp3) is 0.238. The van der Waals surface area contributed by atoms with Gasteiger partial charge in [-0.3, -0.25) is 14.7 Å². The molecule has 0 spiro atoms. The lowest BCUT2D eigenvalue weighted by Gasteiger charge is -2.06. The first-order valence-electron chi connectivity index (χ1n) is 9.21. The second-order valence-electron chi connectivity index (χ2n) is 6.36. The third kappa shape index (κ3) is 4.39. The smallest absolute Gasteiger partial charge is 0.280 e. The average molecular weight is 407 g/mol. The van der Waals surface area contributed by atoms with Crippen LogP contribution in [0.5, 0.6) is 5.75 Å². The highest BCUT2D eigenvalue weighted by Gasteiger charge is 2.15. The Labute approximate surface area is 172 Å². The molecule has 0 unspecified atom stereocenters. The van der Waals surface area contributed by atoms with Crippen LogP contribution in [0.1, 0.15) is 22.3 Å². The van der Waals surface area contributed by atoms with Crippen molar-refractivity contribution in [3.8, 4) is 28.8 Å². The average Bonchev–Trinajstić information content (AvgIpc) is 3.17. The molecule has 0 aliphatic heterocycles. The lowest BCUT2D eigenvalue weighted by Crippen LogP contribution is -2.25. The van der Waals surface area contributed by atoms with Gasteiger partial charge >= 0.3 is 0 Å². The van der Waals surface area contributed by atoms with E-state index in [-0.39, 0.29) is 11.5 Å². The van der Waals surface area contributed by atoms with Crippen molar-refractivity contribution in [1.82, 2.24) is 20.1 Å². The molecular weight excluding hydrogens is 386 g/mol. The third-order valence-electron chi connectivity index (χ3n) is 4.44. The summed E-state index contributed by atoms with van der Waals surface area (Å²) in [5, 5.41) is 14.7. The number of rotatable bonds is 8. The van der Waals surface area contributed by atoms with Crippen molar-refractivity contribution < 1.29 is 14.3 Å². The zero-order chi connectivity index (χ0) is 21.5. The molecule has 3 aromatic rings. The monoisotopic (exact) mass is 407 g/mol. The van der Waals surface area contributed by atoms with E-state index in [9.17, 15) is 9.59 Å². The van der Waals surface area contributed by atoms with Gasteiger partial charge in [-0.1, -0.05) is 0 Å². The molecule has 0 saturated heterocycles. The number of nitrogens with one attached hydrogen (secondary N) is 2. The van der Waals surface area contributed by atoms with Crippen LogP contribution in [0.25, 0.3) is 16.9 Å². The number of amides is 1. The quantitative estimate of drug-likeness (QED) is 0.550. The predicted octanol–water partition coefficient (Wildman–Crippen LogP) is 1.87. The van der Waals surface area contributed by atoms with Crippen LogP contribution < -0.4 is 15.6 Å². The molecule has 154 valence electrons. The topological polar surface area (TPSA) is 122 Å². The van der Waals surface area contributed by atoms with E-state index in [4.69, 9.17) is 14.7 Å². The first-order valence-corrected chi connectivity index (χ1v) is 9.21. The Morgan fingerprint density at radius 1 is 1.27 bits per heavy atom. The molecule has 0 aliphatic rings. The molecule has 2 heterocycles. The summed E-state index contributed by atoms with van der Waals surface area (Å²) in [6.07, 6.45) is 3.67. The lowest BCUT2D eigenvalue weighted by atomic mass is 10.1. The van der Waals surface area contributed by atoms with Gasteiger partial charge in [-0.15, -0.1) is 0 Å². The number of aromatic amines is 1. The van der Waals surface area contributed by atoms with Crippen molar-refractivity contribution in [3.05, 3.63) is 64.2 Å². The molecule has 1 aromatic carbocycles. The number of nitrogens with zero attached hydrogens (tertiary/aromatic N) is 3. The SMILES string of the molecule is COCCCNC(=O)c1ccc(-n2[nH]cc(-c3ccc(C#N)cc3OC)c2=O)nc1. The molecule has 2 N–H and O–H groups in total. The minimum atomic E-state index is -0.331. The van der Waals surface area contributed by atoms with Crippen LogP contribution in [0.3, 0.4) is 0 Å². The molecular formula is C21H21N5O4. The molecule has 9 heteroatoms. The summed E-state index contributed by atoms with van der Waals surface area (Å²) in [5.74, 6) is 0.521. The number of benzene rings is 1. The maximum absolute atomic E-state index is 12.9. The molecule has 0 bridgehead atoms. The van der Waals surface area contributed by atoms with E-state index < -0.39 is 0 Å². The molecule has 2 aromatic heterocycles. The Balaban J connectivity index is 1.82. The molecule has 9 nitrogen and oxygen atoms in total. The number of aromatic nitrogens is 3. The van der Waals surface area contributed by atoms with Gasteiger partial charge in [-0.05, 0) is 36.8 Å². The molecule has 0 saturated carbocycles. The van der Waals surface area contributed by atoms with Crippen LogP contribution in [-0.2, 0) is 4.74 Å². The number of pyridine rings is 1. The first-order chi connectivity index (χ1) is 14.6. The zero-order valence-corrected chi connectivity index (χ0v) is 16.6. The molecule has 0 atom stereocenters. The Morgan fingerprint density at radius 3 is 2.77 bits per heavy atom. The van der Waals surface area contributed by atoms with Crippen LogP contribution in [-0.4, -0.2) is 48.0 Å². The van der Waals surface area contributed by atoms with E-state index in [2.05, 4.69) is 15.4 Å². The number of carbonyl (C=O) groups excluding carboxylic acids is 1. The van der Waals surface area contributed by atoms with E-state index in [1.54, 1.807) is 43.6 Å². The third-order valence-corrected chi connectivity index (χ3v) is 4.44. The fourth-order valence-electron chi connectivity index (χ4n) is 2.89. The van der Waals surface area contributed by atoms with Crippen LogP contribution in [0.15, 0.2) is 47.5 Å². The standard InChI is InChI=1S/C21H21N5O4/c1-29-9-3-8-23-20(27)15-5-7-19(24-12-15)26-21(28)17(13-25-26)16-6-4-14(11-22)10-18(16)30-2/h4-7,10,12-13,25H,3,8-9H2,1-2H3,(H,23,27). The number of methoxy groups -OCH3 is 2. The van der Waals surface area contributed by atoms with Gasteiger partial charge in [0.15, 0.2) is 5.82 Å². The maximum atomic E-state index is 12.9. The Hall–Kier alpha value is -3.90. The van der Waals surface area contributed by atoms with Gasteiger partial charge < -0.3 is 14.8 Å². The number of ether oxygens (including phenoxy) is 2. The van der Waals surface area contributed by atoms with Gasteiger partial charge in [-0.2, -0.15) is 5.26 Å².